The molecule has 2 unspecified atom stereocenters. The molecular weight excluding hydrogens is 260 g/mol. The SMILES string of the molecule is CCC(NC(C)C(=O)N(C)CC)c1ccc(Cl)cc1. The average Bonchev–Trinajstić information content (AvgIpc) is 2.43. The van der Waals surface area contributed by atoms with Crippen molar-refractivity contribution in [3.63, 3.8) is 0 Å². The van der Waals surface area contributed by atoms with Crippen LogP contribution in [0.2, 0.25) is 5.02 Å². The standard InChI is InChI=1S/C15H23ClN2O/c1-5-14(12-7-9-13(16)10-8-12)17-11(3)15(19)18(4)6-2/h7-11,14,17H,5-6H2,1-4H3. The molecule has 2 atom stereocenters. The van der Waals surface area contributed by atoms with Gasteiger partial charge in [0.05, 0.1) is 6.04 Å². The van der Waals surface area contributed by atoms with Crippen LogP contribution in [0.5, 0.6) is 0 Å². The summed E-state index contributed by atoms with van der Waals surface area (Å²) >= 11 is 5.89. The fourth-order valence-electron chi connectivity index (χ4n) is 2.00. The van der Waals surface area contributed by atoms with Gasteiger partial charge in [-0.1, -0.05) is 30.7 Å². The van der Waals surface area contributed by atoms with Crippen LogP contribution in [0, 0.1) is 0 Å². The molecule has 1 N–H and O–H groups in total. The molecule has 0 aliphatic carbocycles. The summed E-state index contributed by atoms with van der Waals surface area (Å²) in [5.41, 5.74) is 1.16. The van der Waals surface area contributed by atoms with Crippen LogP contribution in [0.1, 0.15) is 38.8 Å². The van der Waals surface area contributed by atoms with E-state index in [-0.39, 0.29) is 18.0 Å². The lowest BCUT2D eigenvalue weighted by Gasteiger charge is -2.25. The van der Waals surface area contributed by atoms with Gasteiger partial charge in [0.15, 0.2) is 0 Å². The van der Waals surface area contributed by atoms with Crippen molar-refractivity contribution in [3.8, 4) is 0 Å². The van der Waals surface area contributed by atoms with Gasteiger partial charge in [-0.3, -0.25) is 10.1 Å². The van der Waals surface area contributed by atoms with Crippen molar-refractivity contribution in [2.75, 3.05) is 13.6 Å². The van der Waals surface area contributed by atoms with Crippen molar-refractivity contribution in [2.24, 2.45) is 0 Å². The van der Waals surface area contributed by atoms with E-state index in [9.17, 15) is 4.79 Å². The third-order valence-electron chi connectivity index (χ3n) is 3.35. The molecule has 0 aliphatic rings. The highest BCUT2D eigenvalue weighted by Gasteiger charge is 2.20. The Morgan fingerprint density at radius 2 is 1.89 bits per heavy atom. The molecule has 0 radical (unpaired) electrons. The highest BCUT2D eigenvalue weighted by Crippen LogP contribution is 2.19. The Hall–Kier alpha value is -1.06. The average molecular weight is 283 g/mol. The van der Waals surface area contributed by atoms with Crippen LogP contribution >= 0.6 is 11.6 Å². The molecule has 3 nitrogen and oxygen atoms in total. The van der Waals surface area contributed by atoms with Crippen LogP contribution in [0.25, 0.3) is 0 Å². The monoisotopic (exact) mass is 282 g/mol. The lowest BCUT2D eigenvalue weighted by Crippen LogP contribution is -2.44. The fraction of sp³-hybridized carbons (Fsp3) is 0.533. The number of benzene rings is 1. The maximum atomic E-state index is 12.1. The van der Waals surface area contributed by atoms with Gasteiger partial charge in [0.1, 0.15) is 0 Å². The number of hydrogen-bond acceptors (Lipinski definition) is 2. The molecule has 0 fully saturated rings. The van der Waals surface area contributed by atoms with Gasteiger partial charge in [-0.15, -0.1) is 0 Å². The van der Waals surface area contributed by atoms with Gasteiger partial charge in [-0.05, 0) is 38.0 Å². The Morgan fingerprint density at radius 3 is 2.37 bits per heavy atom. The smallest absolute Gasteiger partial charge is 0.239 e. The number of carbonyl (C=O) groups is 1. The van der Waals surface area contributed by atoms with Crippen molar-refractivity contribution in [2.45, 2.75) is 39.3 Å². The van der Waals surface area contributed by atoms with Crippen molar-refractivity contribution < 1.29 is 4.79 Å². The molecular formula is C15H23ClN2O. The molecule has 4 heteroatoms. The van der Waals surface area contributed by atoms with Gasteiger partial charge < -0.3 is 4.90 Å². The first-order valence-electron chi connectivity index (χ1n) is 6.76. The normalized spacial score (nSPS) is 13.9. The summed E-state index contributed by atoms with van der Waals surface area (Å²) in [6, 6.07) is 7.75. The summed E-state index contributed by atoms with van der Waals surface area (Å²) < 4.78 is 0. The number of likely N-dealkylation sites (N-methyl/N-ethyl adjacent to an activating group) is 1. The third-order valence-corrected chi connectivity index (χ3v) is 3.60. The van der Waals surface area contributed by atoms with Crippen molar-refractivity contribution in [3.05, 3.63) is 34.9 Å². The Kier molecular flexibility index (Phi) is 6.32. The Labute approximate surface area is 120 Å². The molecule has 1 aromatic rings. The zero-order valence-corrected chi connectivity index (χ0v) is 12.9. The molecule has 19 heavy (non-hydrogen) atoms. The highest BCUT2D eigenvalue weighted by molar-refractivity contribution is 6.30. The van der Waals surface area contributed by atoms with Gasteiger partial charge >= 0.3 is 0 Å². The highest BCUT2D eigenvalue weighted by atomic mass is 35.5. The predicted molar refractivity (Wildman–Crippen MR) is 80.4 cm³/mol. The molecule has 106 valence electrons. The van der Waals surface area contributed by atoms with Gasteiger partial charge in [0.25, 0.3) is 0 Å². The van der Waals surface area contributed by atoms with Crippen LogP contribution in [-0.2, 0) is 4.79 Å². The lowest BCUT2D eigenvalue weighted by atomic mass is 10.0. The first-order valence-corrected chi connectivity index (χ1v) is 7.13. The van der Waals surface area contributed by atoms with E-state index in [0.717, 1.165) is 23.6 Å². The molecule has 0 heterocycles. The van der Waals surface area contributed by atoms with Crippen molar-refractivity contribution >= 4 is 17.5 Å². The summed E-state index contributed by atoms with van der Waals surface area (Å²) in [6.07, 6.45) is 0.926. The summed E-state index contributed by atoms with van der Waals surface area (Å²) in [5.74, 6) is 0.120. The van der Waals surface area contributed by atoms with Gasteiger partial charge in [-0.2, -0.15) is 0 Å². The minimum Gasteiger partial charge on any atom is -0.345 e. The Morgan fingerprint density at radius 1 is 1.32 bits per heavy atom. The first-order chi connectivity index (χ1) is 8.99. The molecule has 0 aliphatic heterocycles. The van der Waals surface area contributed by atoms with E-state index in [2.05, 4.69) is 12.2 Å². The largest absolute Gasteiger partial charge is 0.345 e. The van der Waals surface area contributed by atoms with E-state index in [1.165, 1.54) is 0 Å². The maximum Gasteiger partial charge on any atom is 0.239 e. The molecule has 0 saturated carbocycles. The van der Waals surface area contributed by atoms with Gasteiger partial charge in [0, 0.05) is 24.7 Å². The van der Waals surface area contributed by atoms with E-state index in [1.54, 1.807) is 4.90 Å². The van der Waals surface area contributed by atoms with E-state index >= 15 is 0 Å². The molecule has 0 bridgehead atoms. The van der Waals surface area contributed by atoms with Crippen LogP contribution in [0.15, 0.2) is 24.3 Å². The molecule has 0 aromatic heterocycles. The molecule has 1 aromatic carbocycles. The third kappa shape index (κ3) is 4.51. The predicted octanol–water partition coefficient (Wildman–Crippen LogP) is 3.25. The zero-order valence-electron chi connectivity index (χ0n) is 12.1. The number of nitrogens with zero attached hydrogens (tertiary/aromatic N) is 1. The lowest BCUT2D eigenvalue weighted by molar-refractivity contribution is -0.131. The molecule has 0 spiro atoms. The number of nitrogens with one attached hydrogen (secondary N) is 1. The van der Waals surface area contributed by atoms with E-state index in [0.29, 0.717) is 0 Å². The second-order valence-electron chi connectivity index (χ2n) is 4.75. The van der Waals surface area contributed by atoms with Crippen LogP contribution in [0.4, 0.5) is 0 Å². The van der Waals surface area contributed by atoms with Crippen LogP contribution in [0.3, 0.4) is 0 Å². The number of amides is 1. The van der Waals surface area contributed by atoms with E-state index in [1.807, 2.05) is 45.2 Å². The molecule has 0 saturated heterocycles. The van der Waals surface area contributed by atoms with Crippen LogP contribution < -0.4 is 5.32 Å². The van der Waals surface area contributed by atoms with Crippen LogP contribution in [-0.4, -0.2) is 30.4 Å². The number of hydrogen-bond donors (Lipinski definition) is 1. The second-order valence-corrected chi connectivity index (χ2v) is 5.19. The molecule has 1 rings (SSSR count). The number of halogens is 1. The topological polar surface area (TPSA) is 32.3 Å². The summed E-state index contributed by atoms with van der Waals surface area (Å²) in [5, 5.41) is 4.11. The summed E-state index contributed by atoms with van der Waals surface area (Å²) in [4.78, 5) is 13.8. The minimum absolute atomic E-state index is 0.120. The number of rotatable bonds is 6. The van der Waals surface area contributed by atoms with E-state index in [4.69, 9.17) is 11.6 Å². The van der Waals surface area contributed by atoms with E-state index < -0.39 is 0 Å². The zero-order chi connectivity index (χ0) is 14.4. The van der Waals surface area contributed by atoms with Gasteiger partial charge in [-0.25, -0.2) is 0 Å². The fourth-order valence-corrected chi connectivity index (χ4v) is 2.13. The quantitative estimate of drug-likeness (QED) is 0.869. The van der Waals surface area contributed by atoms with Gasteiger partial charge in [0.2, 0.25) is 5.91 Å². The van der Waals surface area contributed by atoms with Crippen molar-refractivity contribution in [1.29, 1.82) is 0 Å². The number of carbonyl (C=O) groups excluding carboxylic acids is 1. The van der Waals surface area contributed by atoms with Crippen molar-refractivity contribution in [1.82, 2.24) is 10.2 Å². The summed E-state index contributed by atoms with van der Waals surface area (Å²) in [7, 11) is 1.82. The Balaban J connectivity index is 2.71. The first kappa shape index (κ1) is 16.0. The minimum atomic E-state index is -0.189. The maximum absolute atomic E-state index is 12.1. The second kappa shape index (κ2) is 7.51. The molecule has 1 amide bonds. The summed E-state index contributed by atoms with van der Waals surface area (Å²) in [6.45, 7) is 6.71. The Bertz CT molecular complexity index is 405.